The molecule has 5 heterocycles. The lowest BCUT2D eigenvalue weighted by Gasteiger charge is -2.40. The molecule has 0 saturated carbocycles. The van der Waals surface area contributed by atoms with Crippen LogP contribution in [0.1, 0.15) is 66.2 Å². The van der Waals surface area contributed by atoms with E-state index in [-0.39, 0.29) is 12.0 Å². The lowest BCUT2D eigenvalue weighted by molar-refractivity contribution is -0.128. The van der Waals surface area contributed by atoms with Crippen LogP contribution in [0.15, 0.2) is 12.4 Å². The zero-order valence-electron chi connectivity index (χ0n) is 21.8. The Hall–Kier alpha value is -2.26. The molecule has 2 amide bonds. The van der Waals surface area contributed by atoms with E-state index in [1.165, 1.54) is 12.8 Å². The predicted molar refractivity (Wildman–Crippen MR) is 135 cm³/mol. The second-order valence-electron chi connectivity index (χ2n) is 12.0. The number of likely N-dealkylation sites (tertiary alicyclic amines) is 2. The molecule has 0 aliphatic carbocycles. The number of carbonyl (C=O) groups excluding carboxylic acids is 2. The third-order valence-electron chi connectivity index (χ3n) is 8.82. The molecule has 3 atom stereocenters. The lowest BCUT2D eigenvalue weighted by Crippen LogP contribution is -2.60. The zero-order valence-corrected chi connectivity index (χ0v) is 21.8. The number of nitrogens with one attached hydrogen (secondary N) is 1. The minimum absolute atomic E-state index is 0.149. The van der Waals surface area contributed by atoms with Gasteiger partial charge in [0.05, 0.1) is 36.1 Å². The van der Waals surface area contributed by atoms with Crippen molar-refractivity contribution in [3.05, 3.63) is 12.4 Å². The fourth-order valence-corrected chi connectivity index (χ4v) is 6.78. The first-order chi connectivity index (χ1) is 16.6. The molecular weight excluding hydrogens is 444 g/mol. The van der Waals surface area contributed by atoms with Gasteiger partial charge in [0.2, 0.25) is 5.91 Å². The van der Waals surface area contributed by atoms with Gasteiger partial charge >= 0.3 is 12.0 Å². The number of piperidine rings is 1. The number of hydrogen-bond acceptors (Lipinski definition) is 6. The first-order valence-corrected chi connectivity index (χ1v) is 13.4. The molecule has 4 fully saturated rings. The highest BCUT2D eigenvalue weighted by molar-refractivity contribution is 5.99. The highest BCUT2D eigenvalue weighted by Gasteiger charge is 2.52. The SMILES string of the molecule is C[C@H]1CCC[N+]1(c1ncc(N2CCC3(CCN(C(=O)OC(C)(C)C)CC3)C2=O)cn1)[C@H]1CCNC1. The number of rotatable bonds is 3. The van der Waals surface area contributed by atoms with Gasteiger partial charge in [-0.05, 0) is 47.0 Å². The van der Waals surface area contributed by atoms with Crippen molar-refractivity contribution in [3.8, 4) is 0 Å². The number of ether oxygens (including phenoxy) is 1. The number of aromatic nitrogens is 2. The number of hydrogen-bond donors (Lipinski definition) is 1. The first kappa shape index (κ1) is 24.4. The van der Waals surface area contributed by atoms with Crippen molar-refractivity contribution in [3.63, 3.8) is 0 Å². The van der Waals surface area contributed by atoms with E-state index < -0.39 is 11.0 Å². The van der Waals surface area contributed by atoms with Crippen LogP contribution in [0.25, 0.3) is 0 Å². The molecular formula is C26H41N6O3+. The van der Waals surface area contributed by atoms with Crippen molar-refractivity contribution in [2.24, 2.45) is 5.41 Å². The average Bonchev–Trinajstić information content (AvgIpc) is 3.55. The Morgan fingerprint density at radius 1 is 1.14 bits per heavy atom. The molecule has 9 heteroatoms. The van der Waals surface area contributed by atoms with Gasteiger partial charge in [-0.15, -0.1) is 0 Å². The van der Waals surface area contributed by atoms with Gasteiger partial charge in [-0.1, -0.05) is 0 Å². The molecule has 35 heavy (non-hydrogen) atoms. The maximum Gasteiger partial charge on any atom is 0.410 e. The van der Waals surface area contributed by atoms with Crippen molar-refractivity contribution in [1.29, 1.82) is 0 Å². The van der Waals surface area contributed by atoms with Crippen molar-refractivity contribution in [1.82, 2.24) is 24.7 Å². The molecule has 1 N–H and O–H groups in total. The van der Waals surface area contributed by atoms with Gasteiger partial charge in [0, 0.05) is 52.0 Å². The van der Waals surface area contributed by atoms with Gasteiger partial charge < -0.3 is 19.9 Å². The van der Waals surface area contributed by atoms with Crippen molar-refractivity contribution in [2.75, 3.05) is 44.2 Å². The molecule has 1 unspecified atom stereocenters. The highest BCUT2D eigenvalue weighted by atomic mass is 16.6. The fraction of sp³-hybridized carbons (Fsp3) is 0.769. The van der Waals surface area contributed by atoms with E-state index in [9.17, 15) is 9.59 Å². The molecule has 0 radical (unpaired) electrons. The summed E-state index contributed by atoms with van der Waals surface area (Å²) in [5.41, 5.74) is -0.121. The van der Waals surface area contributed by atoms with Crippen LogP contribution in [0.3, 0.4) is 0 Å². The summed E-state index contributed by atoms with van der Waals surface area (Å²) in [7, 11) is 0. The van der Waals surface area contributed by atoms with Crippen LogP contribution in [0.4, 0.5) is 16.4 Å². The molecule has 4 aliphatic rings. The maximum absolute atomic E-state index is 13.6. The van der Waals surface area contributed by atoms with Gasteiger partial charge in [-0.2, -0.15) is 9.97 Å². The third kappa shape index (κ3) is 4.31. The summed E-state index contributed by atoms with van der Waals surface area (Å²) < 4.78 is 6.39. The molecule has 1 aromatic heterocycles. The van der Waals surface area contributed by atoms with Crippen molar-refractivity contribution < 1.29 is 14.3 Å². The molecule has 192 valence electrons. The second-order valence-corrected chi connectivity index (χ2v) is 12.0. The Labute approximate surface area is 208 Å². The largest absolute Gasteiger partial charge is 0.444 e. The van der Waals surface area contributed by atoms with E-state index in [2.05, 4.69) is 12.2 Å². The van der Waals surface area contributed by atoms with Gasteiger partial charge in [-0.25, -0.2) is 4.79 Å². The van der Waals surface area contributed by atoms with E-state index in [1.807, 2.05) is 38.1 Å². The van der Waals surface area contributed by atoms with E-state index in [1.54, 1.807) is 4.90 Å². The molecule has 1 aromatic rings. The van der Waals surface area contributed by atoms with E-state index in [0.717, 1.165) is 48.6 Å². The van der Waals surface area contributed by atoms with Crippen LogP contribution in [0, 0.1) is 5.41 Å². The molecule has 0 bridgehead atoms. The van der Waals surface area contributed by atoms with Crippen molar-refractivity contribution in [2.45, 2.75) is 83.9 Å². The van der Waals surface area contributed by atoms with Gasteiger partial charge in [-0.3, -0.25) is 9.28 Å². The predicted octanol–water partition coefficient (Wildman–Crippen LogP) is 3.08. The lowest BCUT2D eigenvalue weighted by atomic mass is 9.77. The Kier molecular flexibility index (Phi) is 6.28. The summed E-state index contributed by atoms with van der Waals surface area (Å²) in [4.78, 5) is 39.4. The summed E-state index contributed by atoms with van der Waals surface area (Å²) in [5.74, 6) is 1.05. The molecule has 9 nitrogen and oxygen atoms in total. The number of carbonyl (C=O) groups is 2. The van der Waals surface area contributed by atoms with Gasteiger partial charge in [0.25, 0.3) is 0 Å². The molecule has 4 saturated heterocycles. The smallest absolute Gasteiger partial charge is 0.410 e. The minimum atomic E-state index is -0.514. The van der Waals surface area contributed by atoms with Crippen LogP contribution < -0.4 is 14.7 Å². The number of nitrogens with zero attached hydrogens (tertiary/aromatic N) is 5. The summed E-state index contributed by atoms with van der Waals surface area (Å²) in [6, 6.07) is 1.03. The Bertz CT molecular complexity index is 947. The van der Waals surface area contributed by atoms with Crippen LogP contribution in [0.5, 0.6) is 0 Å². The third-order valence-corrected chi connectivity index (χ3v) is 8.82. The molecule has 4 aliphatic heterocycles. The van der Waals surface area contributed by atoms with Gasteiger partial charge in [0.1, 0.15) is 11.6 Å². The summed E-state index contributed by atoms with van der Waals surface area (Å²) in [6.07, 6.45) is 9.16. The summed E-state index contributed by atoms with van der Waals surface area (Å²) in [5, 5.41) is 3.52. The van der Waals surface area contributed by atoms with Crippen LogP contribution in [-0.2, 0) is 9.53 Å². The van der Waals surface area contributed by atoms with E-state index >= 15 is 0 Å². The Balaban J connectivity index is 1.27. The minimum Gasteiger partial charge on any atom is -0.444 e. The summed E-state index contributed by atoms with van der Waals surface area (Å²) >= 11 is 0. The standard InChI is InChI=1S/C26H41N6O3/c1-19-6-5-15-32(19,21-7-11-27-18-21)23-28-16-20(17-29-23)31-14-10-26(22(31)33)8-12-30(13-9-26)24(34)35-25(2,3)4/h16-17,19,21,27H,5-15,18H2,1-4H3/q+1/t19-,21-,32?/m0/s1. The van der Waals surface area contributed by atoms with Gasteiger partial charge in [0.15, 0.2) is 0 Å². The first-order valence-electron chi connectivity index (χ1n) is 13.4. The quantitative estimate of drug-likeness (QED) is 0.662. The van der Waals surface area contributed by atoms with Crippen LogP contribution in [-0.4, -0.2) is 83.8 Å². The number of amides is 2. The highest BCUT2D eigenvalue weighted by Crippen LogP contribution is 2.44. The normalized spacial score (nSPS) is 30.9. The van der Waals surface area contributed by atoms with E-state index in [4.69, 9.17) is 14.7 Å². The maximum atomic E-state index is 13.6. The number of anilines is 1. The van der Waals surface area contributed by atoms with Crippen LogP contribution >= 0.6 is 0 Å². The fourth-order valence-electron chi connectivity index (χ4n) is 6.78. The molecule has 5 rings (SSSR count). The van der Waals surface area contributed by atoms with Crippen LogP contribution in [0.2, 0.25) is 0 Å². The number of quaternary nitrogens is 1. The topological polar surface area (TPSA) is 87.7 Å². The van der Waals surface area contributed by atoms with E-state index in [0.29, 0.717) is 44.6 Å². The Morgan fingerprint density at radius 3 is 2.40 bits per heavy atom. The average molecular weight is 486 g/mol. The summed E-state index contributed by atoms with van der Waals surface area (Å²) in [6.45, 7) is 12.9. The molecule has 1 spiro atoms. The second kappa shape index (κ2) is 9.00. The monoisotopic (exact) mass is 485 g/mol. The Morgan fingerprint density at radius 2 is 1.83 bits per heavy atom. The zero-order chi connectivity index (χ0) is 24.8. The van der Waals surface area contributed by atoms with Crippen molar-refractivity contribution >= 4 is 23.6 Å². The molecule has 0 aromatic carbocycles.